The Balaban J connectivity index is 2.22. The van der Waals surface area contributed by atoms with Gasteiger partial charge in [-0.1, -0.05) is 6.92 Å². The molecule has 0 radical (unpaired) electrons. The highest BCUT2D eigenvalue weighted by Crippen LogP contribution is 2.35. The van der Waals surface area contributed by atoms with E-state index >= 15 is 0 Å². The van der Waals surface area contributed by atoms with Crippen molar-refractivity contribution in [2.45, 2.75) is 51.3 Å². The Labute approximate surface area is 115 Å². The first-order valence-corrected chi connectivity index (χ1v) is 7.22. The summed E-state index contributed by atoms with van der Waals surface area (Å²) in [7, 11) is 0. The molecule has 1 atom stereocenters. The average Bonchev–Trinajstić information content (AvgIpc) is 2.88. The zero-order valence-electron chi connectivity index (χ0n) is 12.0. The van der Waals surface area contributed by atoms with Gasteiger partial charge in [0.15, 0.2) is 0 Å². The maximum atomic E-state index is 6.50. The molecule has 1 aromatic heterocycles. The minimum absolute atomic E-state index is 0.196. The summed E-state index contributed by atoms with van der Waals surface area (Å²) in [5.41, 5.74) is 6.17. The number of nitrogens with zero attached hydrogens (tertiary/aromatic N) is 2. The van der Waals surface area contributed by atoms with E-state index in [1.54, 1.807) is 0 Å². The minimum atomic E-state index is -0.330. The van der Waals surface area contributed by atoms with Gasteiger partial charge in [-0.15, -0.1) is 0 Å². The van der Waals surface area contributed by atoms with Crippen LogP contribution < -0.4 is 5.73 Å². The molecule has 0 bridgehead atoms. The first-order chi connectivity index (χ1) is 9.23. The van der Waals surface area contributed by atoms with Crippen LogP contribution in [0.5, 0.6) is 0 Å². The summed E-state index contributed by atoms with van der Waals surface area (Å²) >= 11 is 0. The number of hydrogen-bond donors (Lipinski definition) is 1. The molecule has 1 unspecified atom stereocenters. The van der Waals surface area contributed by atoms with Gasteiger partial charge < -0.3 is 19.8 Å². The zero-order valence-corrected chi connectivity index (χ0v) is 12.0. The Morgan fingerprint density at radius 1 is 1.47 bits per heavy atom. The number of hydrogen-bond acceptors (Lipinski definition) is 4. The second-order valence-electron chi connectivity index (χ2n) is 5.07. The number of imidazole rings is 1. The number of aromatic nitrogens is 2. The first kappa shape index (κ1) is 14.5. The van der Waals surface area contributed by atoms with E-state index < -0.39 is 0 Å². The SMILES string of the molecule is CCCn1ccnc1C(N)C1(OCC)CCOCC1. The molecule has 2 rings (SSSR count). The molecule has 19 heavy (non-hydrogen) atoms. The zero-order chi connectivity index (χ0) is 13.7. The lowest BCUT2D eigenvalue weighted by Gasteiger charge is -2.41. The summed E-state index contributed by atoms with van der Waals surface area (Å²) in [5, 5.41) is 0. The van der Waals surface area contributed by atoms with Gasteiger partial charge in [-0.2, -0.15) is 0 Å². The fourth-order valence-corrected chi connectivity index (χ4v) is 2.81. The minimum Gasteiger partial charge on any atom is -0.381 e. The second-order valence-corrected chi connectivity index (χ2v) is 5.07. The van der Waals surface area contributed by atoms with Crippen LogP contribution in [0.25, 0.3) is 0 Å². The predicted octanol–water partition coefficient (Wildman–Crippen LogP) is 1.88. The van der Waals surface area contributed by atoms with Crippen molar-refractivity contribution in [1.29, 1.82) is 0 Å². The number of ether oxygens (including phenoxy) is 2. The topological polar surface area (TPSA) is 62.3 Å². The Kier molecular flexibility index (Phi) is 4.96. The van der Waals surface area contributed by atoms with Gasteiger partial charge >= 0.3 is 0 Å². The van der Waals surface area contributed by atoms with Crippen molar-refractivity contribution in [3.05, 3.63) is 18.2 Å². The molecule has 0 spiro atoms. The summed E-state index contributed by atoms with van der Waals surface area (Å²) in [5.74, 6) is 0.928. The lowest BCUT2D eigenvalue weighted by Crippen LogP contribution is -2.49. The van der Waals surface area contributed by atoms with E-state index in [1.807, 2.05) is 19.3 Å². The Morgan fingerprint density at radius 3 is 2.84 bits per heavy atom. The van der Waals surface area contributed by atoms with Crippen molar-refractivity contribution < 1.29 is 9.47 Å². The second kappa shape index (κ2) is 6.50. The molecule has 1 aromatic rings. The van der Waals surface area contributed by atoms with Crippen LogP contribution in [0.15, 0.2) is 12.4 Å². The highest BCUT2D eigenvalue weighted by atomic mass is 16.5. The van der Waals surface area contributed by atoms with Crippen LogP contribution in [0.1, 0.15) is 45.0 Å². The highest BCUT2D eigenvalue weighted by molar-refractivity contribution is 5.08. The Morgan fingerprint density at radius 2 is 2.21 bits per heavy atom. The molecule has 2 heterocycles. The van der Waals surface area contributed by atoms with Crippen LogP contribution in [0, 0.1) is 0 Å². The summed E-state index contributed by atoms with van der Waals surface area (Å²) in [6, 6.07) is -0.196. The Bertz CT molecular complexity index is 380. The molecule has 108 valence electrons. The third kappa shape index (κ3) is 2.99. The molecule has 0 saturated carbocycles. The number of aryl methyl sites for hydroxylation is 1. The molecule has 0 aliphatic carbocycles. The van der Waals surface area contributed by atoms with Crippen molar-refractivity contribution in [3.63, 3.8) is 0 Å². The predicted molar refractivity (Wildman–Crippen MR) is 73.9 cm³/mol. The lowest BCUT2D eigenvalue weighted by molar-refractivity contribution is -0.123. The molecule has 1 aliphatic heterocycles. The van der Waals surface area contributed by atoms with Crippen LogP contribution in [-0.4, -0.2) is 35.0 Å². The molecule has 5 heteroatoms. The van der Waals surface area contributed by atoms with Gasteiger partial charge in [0.1, 0.15) is 5.82 Å². The van der Waals surface area contributed by atoms with Gasteiger partial charge in [0.2, 0.25) is 0 Å². The van der Waals surface area contributed by atoms with Gasteiger partial charge in [0.05, 0.1) is 11.6 Å². The summed E-state index contributed by atoms with van der Waals surface area (Å²) in [6.45, 7) is 7.21. The van der Waals surface area contributed by atoms with Crippen molar-refractivity contribution in [3.8, 4) is 0 Å². The highest BCUT2D eigenvalue weighted by Gasteiger charge is 2.41. The van der Waals surface area contributed by atoms with E-state index in [-0.39, 0.29) is 11.6 Å². The molecule has 1 aliphatic rings. The smallest absolute Gasteiger partial charge is 0.128 e. The first-order valence-electron chi connectivity index (χ1n) is 7.22. The van der Waals surface area contributed by atoms with Crippen LogP contribution >= 0.6 is 0 Å². The largest absolute Gasteiger partial charge is 0.381 e. The Hall–Kier alpha value is -0.910. The molecule has 2 N–H and O–H groups in total. The van der Waals surface area contributed by atoms with E-state index in [4.69, 9.17) is 15.2 Å². The van der Waals surface area contributed by atoms with Crippen molar-refractivity contribution in [2.75, 3.05) is 19.8 Å². The molecular weight excluding hydrogens is 242 g/mol. The van der Waals surface area contributed by atoms with Gasteiger partial charge in [-0.05, 0) is 13.3 Å². The molecule has 0 aromatic carbocycles. The van der Waals surface area contributed by atoms with Gasteiger partial charge in [-0.25, -0.2) is 4.98 Å². The van der Waals surface area contributed by atoms with E-state index in [1.165, 1.54) is 0 Å². The van der Waals surface area contributed by atoms with Crippen LogP contribution in [0.2, 0.25) is 0 Å². The number of rotatable bonds is 6. The molecular formula is C14H25N3O2. The maximum Gasteiger partial charge on any atom is 0.128 e. The van der Waals surface area contributed by atoms with Crippen LogP contribution in [0.4, 0.5) is 0 Å². The summed E-state index contributed by atoms with van der Waals surface area (Å²) in [4.78, 5) is 4.45. The van der Waals surface area contributed by atoms with Crippen molar-refractivity contribution in [2.24, 2.45) is 5.73 Å². The maximum absolute atomic E-state index is 6.50. The fraction of sp³-hybridized carbons (Fsp3) is 0.786. The van der Waals surface area contributed by atoms with Crippen molar-refractivity contribution >= 4 is 0 Å². The van der Waals surface area contributed by atoms with Crippen molar-refractivity contribution in [1.82, 2.24) is 9.55 Å². The normalized spacial score (nSPS) is 20.4. The quantitative estimate of drug-likeness (QED) is 0.855. The van der Waals surface area contributed by atoms with Crippen LogP contribution in [-0.2, 0) is 16.0 Å². The van der Waals surface area contributed by atoms with Gasteiger partial charge in [0.25, 0.3) is 0 Å². The van der Waals surface area contributed by atoms with E-state index in [9.17, 15) is 0 Å². The lowest BCUT2D eigenvalue weighted by atomic mass is 9.85. The molecule has 1 saturated heterocycles. The van der Waals surface area contributed by atoms with Gasteiger partial charge in [-0.3, -0.25) is 0 Å². The monoisotopic (exact) mass is 267 g/mol. The van der Waals surface area contributed by atoms with E-state index in [0.29, 0.717) is 19.8 Å². The molecule has 5 nitrogen and oxygen atoms in total. The summed E-state index contributed by atoms with van der Waals surface area (Å²) < 4.78 is 13.6. The van der Waals surface area contributed by atoms with Crippen LogP contribution in [0.3, 0.4) is 0 Å². The van der Waals surface area contributed by atoms with Gasteiger partial charge in [0, 0.05) is 51.6 Å². The third-order valence-corrected chi connectivity index (χ3v) is 3.83. The van der Waals surface area contributed by atoms with E-state index in [0.717, 1.165) is 31.6 Å². The van der Waals surface area contributed by atoms with E-state index in [2.05, 4.69) is 16.5 Å². The summed E-state index contributed by atoms with van der Waals surface area (Å²) in [6.07, 6.45) is 6.56. The average molecular weight is 267 g/mol. The molecule has 1 fully saturated rings. The standard InChI is InChI=1S/C14H25N3O2/c1-3-8-17-9-7-16-13(17)12(15)14(19-4-2)5-10-18-11-6-14/h7,9,12H,3-6,8,10-11,15H2,1-2H3. The number of nitrogens with two attached hydrogens (primary N) is 1. The molecule has 0 amide bonds. The fourth-order valence-electron chi connectivity index (χ4n) is 2.81. The third-order valence-electron chi connectivity index (χ3n) is 3.83.